The number of ether oxygens (including phenoxy) is 1. The van der Waals surface area contributed by atoms with Gasteiger partial charge in [0, 0.05) is 18.8 Å². The minimum absolute atomic E-state index is 0.0143. The lowest BCUT2D eigenvalue weighted by Gasteiger charge is -2.08. The summed E-state index contributed by atoms with van der Waals surface area (Å²) in [4.78, 5) is 11.4. The fraction of sp³-hybridized carbons (Fsp3) is 0.214. The van der Waals surface area contributed by atoms with E-state index in [0.717, 1.165) is 11.3 Å². The van der Waals surface area contributed by atoms with Crippen molar-refractivity contribution in [1.29, 1.82) is 0 Å². The summed E-state index contributed by atoms with van der Waals surface area (Å²) in [7, 11) is 0. The van der Waals surface area contributed by atoms with E-state index in [1.807, 2.05) is 30.3 Å². The number of nitrogens with two attached hydrogens (primary N) is 1. The molecule has 0 aliphatic rings. The lowest BCUT2D eigenvalue weighted by atomic mass is 10.2. The van der Waals surface area contributed by atoms with Crippen molar-refractivity contribution in [3.05, 3.63) is 64.6 Å². The van der Waals surface area contributed by atoms with Crippen molar-refractivity contribution in [2.24, 2.45) is 5.73 Å². The SMILES string of the molecule is NCc1ccc(OCCn2ccccc2=O)cc1. The number of rotatable bonds is 5. The number of nitrogens with zero attached hydrogens (tertiary/aromatic N) is 1. The molecule has 1 aromatic heterocycles. The van der Waals surface area contributed by atoms with Crippen LogP contribution in [0, 0.1) is 0 Å². The summed E-state index contributed by atoms with van der Waals surface area (Å²) < 4.78 is 7.18. The van der Waals surface area contributed by atoms with Gasteiger partial charge >= 0.3 is 0 Å². The zero-order valence-electron chi connectivity index (χ0n) is 10.1. The van der Waals surface area contributed by atoms with E-state index < -0.39 is 0 Å². The van der Waals surface area contributed by atoms with Gasteiger partial charge in [-0.25, -0.2) is 0 Å². The predicted molar refractivity (Wildman–Crippen MR) is 70.5 cm³/mol. The van der Waals surface area contributed by atoms with Crippen molar-refractivity contribution in [3.63, 3.8) is 0 Å². The Labute approximate surface area is 106 Å². The molecule has 2 rings (SSSR count). The second kappa shape index (κ2) is 6.02. The van der Waals surface area contributed by atoms with E-state index in [-0.39, 0.29) is 5.56 Å². The Morgan fingerprint density at radius 1 is 1.11 bits per heavy atom. The van der Waals surface area contributed by atoms with Gasteiger partial charge in [0.05, 0.1) is 6.54 Å². The molecule has 0 aliphatic carbocycles. The summed E-state index contributed by atoms with van der Waals surface area (Å²) in [6.07, 6.45) is 1.75. The summed E-state index contributed by atoms with van der Waals surface area (Å²) in [5.41, 5.74) is 6.57. The molecule has 0 atom stereocenters. The van der Waals surface area contributed by atoms with Gasteiger partial charge in [-0.15, -0.1) is 0 Å². The predicted octanol–water partition coefficient (Wildman–Crippen LogP) is 1.39. The van der Waals surface area contributed by atoms with Crippen molar-refractivity contribution in [2.75, 3.05) is 6.61 Å². The van der Waals surface area contributed by atoms with Crippen molar-refractivity contribution < 1.29 is 4.74 Å². The van der Waals surface area contributed by atoms with Crippen LogP contribution < -0.4 is 16.0 Å². The van der Waals surface area contributed by atoms with Gasteiger partial charge in [0.2, 0.25) is 0 Å². The lowest BCUT2D eigenvalue weighted by Crippen LogP contribution is -2.21. The highest BCUT2D eigenvalue weighted by atomic mass is 16.5. The maximum atomic E-state index is 11.4. The molecular formula is C14H16N2O2. The zero-order chi connectivity index (χ0) is 12.8. The Kier molecular flexibility index (Phi) is 4.15. The summed E-state index contributed by atoms with van der Waals surface area (Å²) >= 11 is 0. The Bertz CT molecular complexity index is 546. The molecule has 2 aromatic rings. The molecule has 0 aliphatic heterocycles. The van der Waals surface area contributed by atoms with Gasteiger partial charge < -0.3 is 15.0 Å². The normalized spacial score (nSPS) is 10.3. The smallest absolute Gasteiger partial charge is 0.250 e. The highest BCUT2D eigenvalue weighted by Crippen LogP contribution is 2.11. The van der Waals surface area contributed by atoms with E-state index in [4.69, 9.17) is 10.5 Å². The van der Waals surface area contributed by atoms with Crippen LogP contribution >= 0.6 is 0 Å². The van der Waals surface area contributed by atoms with Crippen molar-refractivity contribution in [2.45, 2.75) is 13.1 Å². The number of hydrogen-bond donors (Lipinski definition) is 1. The molecule has 0 amide bonds. The van der Waals surface area contributed by atoms with Crippen LogP contribution in [0.5, 0.6) is 5.75 Å². The minimum Gasteiger partial charge on any atom is -0.492 e. The number of pyridine rings is 1. The van der Waals surface area contributed by atoms with E-state index in [9.17, 15) is 4.79 Å². The van der Waals surface area contributed by atoms with Crippen LogP contribution in [0.25, 0.3) is 0 Å². The van der Waals surface area contributed by atoms with Gasteiger partial charge in [-0.05, 0) is 23.8 Å². The summed E-state index contributed by atoms with van der Waals surface area (Å²) in [6, 6.07) is 12.7. The monoisotopic (exact) mass is 244 g/mol. The van der Waals surface area contributed by atoms with Crippen molar-refractivity contribution in [1.82, 2.24) is 4.57 Å². The fourth-order valence-corrected chi connectivity index (χ4v) is 1.63. The Hall–Kier alpha value is -2.07. The molecule has 0 bridgehead atoms. The highest BCUT2D eigenvalue weighted by molar-refractivity contribution is 5.27. The summed E-state index contributed by atoms with van der Waals surface area (Å²) in [5.74, 6) is 0.788. The first-order valence-electron chi connectivity index (χ1n) is 5.87. The average Bonchev–Trinajstić information content (AvgIpc) is 2.42. The second-order valence-electron chi connectivity index (χ2n) is 3.93. The van der Waals surface area contributed by atoms with Crippen molar-refractivity contribution in [3.8, 4) is 5.75 Å². The maximum Gasteiger partial charge on any atom is 0.250 e. The lowest BCUT2D eigenvalue weighted by molar-refractivity contribution is 0.296. The molecule has 94 valence electrons. The Balaban J connectivity index is 1.88. The van der Waals surface area contributed by atoms with E-state index in [0.29, 0.717) is 19.7 Å². The van der Waals surface area contributed by atoms with Crippen LogP contribution in [0.3, 0.4) is 0 Å². The number of benzene rings is 1. The van der Waals surface area contributed by atoms with Crippen LogP contribution in [0.2, 0.25) is 0 Å². The molecule has 4 nitrogen and oxygen atoms in total. The first kappa shape index (κ1) is 12.4. The summed E-state index contributed by atoms with van der Waals surface area (Å²) in [5, 5.41) is 0. The van der Waals surface area contributed by atoms with Gasteiger partial charge in [0.1, 0.15) is 12.4 Å². The van der Waals surface area contributed by atoms with Gasteiger partial charge in [0.25, 0.3) is 5.56 Å². The molecule has 0 saturated heterocycles. The standard InChI is InChI=1S/C14H16N2O2/c15-11-12-4-6-13(7-5-12)18-10-9-16-8-2-1-3-14(16)17/h1-8H,9-11,15H2. The van der Waals surface area contributed by atoms with Crippen LogP contribution in [-0.2, 0) is 13.1 Å². The van der Waals surface area contributed by atoms with Crippen LogP contribution in [0.15, 0.2) is 53.5 Å². The molecule has 1 heterocycles. The van der Waals surface area contributed by atoms with Crippen LogP contribution in [-0.4, -0.2) is 11.2 Å². The van der Waals surface area contributed by atoms with Crippen LogP contribution in [0.4, 0.5) is 0 Å². The molecule has 4 heteroatoms. The van der Waals surface area contributed by atoms with Gasteiger partial charge in [-0.1, -0.05) is 18.2 Å². The summed E-state index contributed by atoms with van der Waals surface area (Å²) in [6.45, 7) is 1.53. The van der Waals surface area contributed by atoms with E-state index in [2.05, 4.69) is 0 Å². The van der Waals surface area contributed by atoms with Gasteiger partial charge in [0.15, 0.2) is 0 Å². The molecule has 18 heavy (non-hydrogen) atoms. The molecule has 2 N–H and O–H groups in total. The molecule has 0 radical (unpaired) electrons. The topological polar surface area (TPSA) is 57.2 Å². The maximum absolute atomic E-state index is 11.4. The van der Waals surface area contributed by atoms with E-state index in [1.165, 1.54) is 6.07 Å². The zero-order valence-corrected chi connectivity index (χ0v) is 10.1. The fourth-order valence-electron chi connectivity index (χ4n) is 1.63. The largest absolute Gasteiger partial charge is 0.492 e. The second-order valence-corrected chi connectivity index (χ2v) is 3.93. The quantitative estimate of drug-likeness (QED) is 0.864. The molecule has 0 fully saturated rings. The Morgan fingerprint density at radius 3 is 2.56 bits per heavy atom. The average molecular weight is 244 g/mol. The van der Waals surface area contributed by atoms with Gasteiger partial charge in [-0.3, -0.25) is 4.79 Å². The number of aromatic nitrogens is 1. The first-order valence-corrected chi connectivity index (χ1v) is 5.87. The Morgan fingerprint density at radius 2 is 1.89 bits per heavy atom. The molecule has 0 spiro atoms. The first-order chi connectivity index (χ1) is 8.79. The highest BCUT2D eigenvalue weighted by Gasteiger charge is 1.96. The minimum atomic E-state index is -0.0143. The third-order valence-electron chi connectivity index (χ3n) is 2.66. The van der Waals surface area contributed by atoms with E-state index >= 15 is 0 Å². The van der Waals surface area contributed by atoms with Crippen molar-refractivity contribution >= 4 is 0 Å². The van der Waals surface area contributed by atoms with Gasteiger partial charge in [-0.2, -0.15) is 0 Å². The third kappa shape index (κ3) is 3.21. The molecule has 0 unspecified atom stereocenters. The van der Waals surface area contributed by atoms with Crippen LogP contribution in [0.1, 0.15) is 5.56 Å². The third-order valence-corrected chi connectivity index (χ3v) is 2.66. The molecular weight excluding hydrogens is 228 g/mol. The molecule has 0 saturated carbocycles. The molecule has 1 aromatic carbocycles. The number of hydrogen-bond acceptors (Lipinski definition) is 3. The van der Waals surface area contributed by atoms with E-state index in [1.54, 1.807) is 16.8 Å².